The van der Waals surface area contributed by atoms with Gasteiger partial charge in [-0.25, -0.2) is 4.98 Å². The molecule has 8 nitrogen and oxygen atoms in total. The number of carbonyl (C=O) groups excluding carboxylic acids is 2. The Morgan fingerprint density at radius 2 is 1.90 bits per heavy atom. The molecule has 1 atom stereocenters. The number of amides is 2. The van der Waals surface area contributed by atoms with Crippen molar-refractivity contribution in [1.29, 1.82) is 0 Å². The molecule has 9 heteroatoms. The third kappa shape index (κ3) is 5.20. The number of hydrogen-bond acceptors (Lipinski definition) is 6. The highest BCUT2D eigenvalue weighted by Gasteiger charge is 2.19. The molecule has 0 bridgehead atoms. The summed E-state index contributed by atoms with van der Waals surface area (Å²) in [6.45, 7) is 3.73. The fourth-order valence-electron chi connectivity index (χ4n) is 2.68. The summed E-state index contributed by atoms with van der Waals surface area (Å²) in [6, 6.07) is 12.4. The zero-order chi connectivity index (χ0) is 20.8. The normalized spacial score (nSPS) is 11.7. The van der Waals surface area contributed by atoms with Crippen LogP contribution in [0.3, 0.4) is 0 Å². The molecule has 3 rings (SSSR count). The lowest BCUT2D eigenvalue weighted by molar-refractivity contribution is -0.113. The fourth-order valence-corrected chi connectivity index (χ4v) is 3.40. The highest BCUT2D eigenvalue weighted by Crippen LogP contribution is 2.20. The summed E-state index contributed by atoms with van der Waals surface area (Å²) in [5, 5.41) is 14.6. The van der Waals surface area contributed by atoms with Crippen LogP contribution in [0.15, 0.2) is 53.8 Å². The van der Waals surface area contributed by atoms with Crippen molar-refractivity contribution in [1.82, 2.24) is 25.1 Å². The first-order valence-electron chi connectivity index (χ1n) is 9.05. The number of anilines is 1. The number of hydrogen-bond donors (Lipinski definition) is 2. The summed E-state index contributed by atoms with van der Waals surface area (Å²) in [4.78, 5) is 28.7. The summed E-state index contributed by atoms with van der Waals surface area (Å²) in [7, 11) is 1.81. The van der Waals surface area contributed by atoms with Gasteiger partial charge in [0.1, 0.15) is 5.82 Å². The van der Waals surface area contributed by atoms with E-state index in [1.165, 1.54) is 11.8 Å². The molecule has 2 N–H and O–H groups in total. The average Bonchev–Trinajstić information content (AvgIpc) is 3.09. The standard InChI is InChI=1S/C20H22N6O2S/c1-13-8-7-11-21-17(13)23-16(27)12-29-20-25-24-18(26(20)3)14(2)22-19(28)15-9-5-4-6-10-15/h4-11,14H,12H2,1-3H3,(H,22,28)(H,21,23,27)/t14-/m0/s1. The molecule has 0 fully saturated rings. The fraction of sp³-hybridized carbons (Fsp3) is 0.250. The van der Waals surface area contributed by atoms with Crippen LogP contribution in [-0.4, -0.2) is 37.3 Å². The number of aromatic nitrogens is 4. The molecule has 0 aliphatic rings. The molecule has 3 aromatic rings. The molecule has 2 amide bonds. The smallest absolute Gasteiger partial charge is 0.251 e. The van der Waals surface area contributed by atoms with Gasteiger partial charge < -0.3 is 15.2 Å². The van der Waals surface area contributed by atoms with E-state index < -0.39 is 0 Å². The molecule has 2 aromatic heterocycles. The summed E-state index contributed by atoms with van der Waals surface area (Å²) in [6.07, 6.45) is 1.63. The van der Waals surface area contributed by atoms with E-state index in [1.807, 2.05) is 51.2 Å². The average molecular weight is 411 g/mol. The predicted molar refractivity (Wildman–Crippen MR) is 112 cm³/mol. The molecule has 0 unspecified atom stereocenters. The van der Waals surface area contributed by atoms with E-state index in [0.717, 1.165) is 5.56 Å². The van der Waals surface area contributed by atoms with Crippen molar-refractivity contribution in [2.75, 3.05) is 11.1 Å². The van der Waals surface area contributed by atoms with E-state index in [-0.39, 0.29) is 23.6 Å². The quantitative estimate of drug-likeness (QED) is 0.581. The summed E-state index contributed by atoms with van der Waals surface area (Å²) in [5.74, 6) is 0.978. The number of rotatable bonds is 7. The van der Waals surface area contributed by atoms with Crippen LogP contribution in [0, 0.1) is 6.92 Å². The lowest BCUT2D eigenvalue weighted by Crippen LogP contribution is -2.28. The number of pyridine rings is 1. The molecule has 2 heterocycles. The van der Waals surface area contributed by atoms with Crippen LogP contribution >= 0.6 is 11.8 Å². The molecule has 1 aromatic carbocycles. The Morgan fingerprint density at radius 3 is 2.62 bits per heavy atom. The van der Waals surface area contributed by atoms with Gasteiger partial charge in [0.05, 0.1) is 11.8 Å². The first-order valence-corrected chi connectivity index (χ1v) is 10.0. The van der Waals surface area contributed by atoms with Gasteiger partial charge in [0.25, 0.3) is 5.91 Å². The molecule has 29 heavy (non-hydrogen) atoms. The second-order valence-corrected chi connectivity index (χ2v) is 7.41. The topological polar surface area (TPSA) is 102 Å². The molecule has 0 spiro atoms. The lowest BCUT2D eigenvalue weighted by Gasteiger charge is -2.13. The Hall–Kier alpha value is -3.20. The second-order valence-electron chi connectivity index (χ2n) is 6.47. The van der Waals surface area contributed by atoms with E-state index in [1.54, 1.807) is 22.9 Å². The number of thioether (sulfide) groups is 1. The van der Waals surface area contributed by atoms with Gasteiger partial charge in [0.2, 0.25) is 5.91 Å². The molecule has 150 valence electrons. The Morgan fingerprint density at radius 1 is 1.14 bits per heavy atom. The predicted octanol–water partition coefficient (Wildman–Crippen LogP) is 2.74. The first kappa shape index (κ1) is 20.5. The van der Waals surface area contributed by atoms with Gasteiger partial charge in [-0.2, -0.15) is 0 Å². The maximum absolute atomic E-state index is 12.3. The maximum atomic E-state index is 12.3. The van der Waals surface area contributed by atoms with Gasteiger partial charge in [-0.3, -0.25) is 9.59 Å². The molecule has 0 radical (unpaired) electrons. The van der Waals surface area contributed by atoms with E-state index in [4.69, 9.17) is 0 Å². The van der Waals surface area contributed by atoms with Crippen LogP contribution in [0.25, 0.3) is 0 Å². The van der Waals surface area contributed by atoms with Crippen LogP contribution in [0.4, 0.5) is 5.82 Å². The highest BCUT2D eigenvalue weighted by atomic mass is 32.2. The summed E-state index contributed by atoms with van der Waals surface area (Å²) in [5.41, 5.74) is 1.48. The van der Waals surface area contributed by atoms with Crippen LogP contribution in [0.5, 0.6) is 0 Å². The van der Waals surface area contributed by atoms with Gasteiger partial charge in [-0.05, 0) is 37.6 Å². The summed E-state index contributed by atoms with van der Waals surface area (Å²) >= 11 is 1.27. The zero-order valence-corrected chi connectivity index (χ0v) is 17.2. The van der Waals surface area contributed by atoms with Crippen molar-refractivity contribution >= 4 is 29.4 Å². The SMILES string of the molecule is Cc1cccnc1NC(=O)CSc1nnc([C@H](C)NC(=O)c2ccccc2)n1C. The Bertz CT molecular complexity index is 1010. The number of nitrogens with one attached hydrogen (secondary N) is 2. The van der Waals surface area contributed by atoms with Crippen molar-refractivity contribution in [2.24, 2.45) is 7.05 Å². The number of aryl methyl sites for hydroxylation is 1. The van der Waals surface area contributed by atoms with E-state index in [2.05, 4.69) is 25.8 Å². The van der Waals surface area contributed by atoms with Crippen molar-refractivity contribution in [3.05, 3.63) is 65.6 Å². The van der Waals surface area contributed by atoms with Crippen molar-refractivity contribution in [3.8, 4) is 0 Å². The van der Waals surface area contributed by atoms with Crippen molar-refractivity contribution in [2.45, 2.75) is 25.0 Å². The number of benzene rings is 1. The van der Waals surface area contributed by atoms with Gasteiger partial charge in [0, 0.05) is 18.8 Å². The molecular formula is C20H22N6O2S. The molecule has 0 aliphatic carbocycles. The monoisotopic (exact) mass is 410 g/mol. The molecule has 0 aliphatic heterocycles. The summed E-state index contributed by atoms with van der Waals surface area (Å²) < 4.78 is 1.78. The second kappa shape index (κ2) is 9.33. The minimum absolute atomic E-state index is 0.173. The lowest BCUT2D eigenvalue weighted by atomic mass is 10.2. The molecular weight excluding hydrogens is 388 g/mol. The third-order valence-corrected chi connectivity index (χ3v) is 5.26. The molecule has 0 saturated carbocycles. The minimum atomic E-state index is -0.334. The van der Waals surface area contributed by atoms with E-state index in [9.17, 15) is 9.59 Å². The van der Waals surface area contributed by atoms with Gasteiger partial charge >= 0.3 is 0 Å². The Kier molecular flexibility index (Phi) is 6.61. The van der Waals surface area contributed by atoms with Crippen molar-refractivity contribution < 1.29 is 9.59 Å². The Labute approximate surface area is 173 Å². The molecule has 0 saturated heterocycles. The van der Waals surface area contributed by atoms with E-state index in [0.29, 0.717) is 22.4 Å². The zero-order valence-electron chi connectivity index (χ0n) is 16.4. The minimum Gasteiger partial charge on any atom is -0.342 e. The van der Waals surface area contributed by atoms with Crippen LogP contribution in [-0.2, 0) is 11.8 Å². The number of carbonyl (C=O) groups is 2. The Balaban J connectivity index is 1.58. The third-order valence-electron chi connectivity index (χ3n) is 4.24. The maximum Gasteiger partial charge on any atom is 0.251 e. The van der Waals surface area contributed by atoms with E-state index >= 15 is 0 Å². The van der Waals surface area contributed by atoms with Crippen LogP contribution < -0.4 is 10.6 Å². The van der Waals surface area contributed by atoms with Crippen LogP contribution in [0.2, 0.25) is 0 Å². The largest absolute Gasteiger partial charge is 0.342 e. The van der Waals surface area contributed by atoms with Gasteiger partial charge in [0.15, 0.2) is 11.0 Å². The van der Waals surface area contributed by atoms with Gasteiger partial charge in [-0.15, -0.1) is 10.2 Å². The highest BCUT2D eigenvalue weighted by molar-refractivity contribution is 7.99. The van der Waals surface area contributed by atoms with Crippen molar-refractivity contribution in [3.63, 3.8) is 0 Å². The van der Waals surface area contributed by atoms with Crippen LogP contribution in [0.1, 0.15) is 34.7 Å². The first-order chi connectivity index (χ1) is 14.0. The number of nitrogens with zero attached hydrogens (tertiary/aromatic N) is 4. The van der Waals surface area contributed by atoms with Gasteiger partial charge in [-0.1, -0.05) is 36.0 Å².